The molecule has 0 N–H and O–H groups in total. The van der Waals surface area contributed by atoms with Gasteiger partial charge in [-0.25, -0.2) is 4.98 Å². The van der Waals surface area contributed by atoms with Gasteiger partial charge in [0.25, 0.3) is 0 Å². The second-order valence-corrected chi connectivity index (χ2v) is 5.03. The standard InChI is InChI=1S/C16H12BrNO3/c17-9-13(19)15-8-12-14(21-15)6-7-18-16(12)20-10-11-4-2-1-3-5-11/h1-8H,9-10H2. The number of Topliss-reactive ketones (excluding diaryl/α,β-unsaturated/α-hetero) is 1. The average Bonchev–Trinajstić information content (AvgIpc) is 2.97. The molecule has 0 radical (unpaired) electrons. The first-order valence-electron chi connectivity index (χ1n) is 6.42. The fourth-order valence-electron chi connectivity index (χ4n) is 1.98. The Hall–Kier alpha value is -2.14. The fraction of sp³-hybridized carbons (Fsp3) is 0.125. The van der Waals surface area contributed by atoms with Gasteiger partial charge < -0.3 is 9.15 Å². The monoisotopic (exact) mass is 345 g/mol. The zero-order valence-corrected chi connectivity index (χ0v) is 12.7. The number of halogens is 1. The Kier molecular flexibility index (Phi) is 4.01. The van der Waals surface area contributed by atoms with E-state index in [-0.39, 0.29) is 11.1 Å². The van der Waals surface area contributed by atoms with Crippen LogP contribution < -0.4 is 4.74 Å². The molecule has 2 heterocycles. The molecule has 0 atom stereocenters. The number of benzene rings is 1. The Balaban J connectivity index is 1.88. The summed E-state index contributed by atoms with van der Waals surface area (Å²) >= 11 is 3.13. The van der Waals surface area contributed by atoms with Crippen LogP contribution in [0.5, 0.6) is 5.88 Å². The van der Waals surface area contributed by atoms with Crippen LogP contribution in [0.25, 0.3) is 11.0 Å². The minimum absolute atomic E-state index is 0.111. The number of ketones is 1. The number of hydrogen-bond acceptors (Lipinski definition) is 4. The molecule has 3 rings (SSSR count). The van der Waals surface area contributed by atoms with Crippen LogP contribution in [0.3, 0.4) is 0 Å². The van der Waals surface area contributed by atoms with Crippen LogP contribution in [-0.2, 0) is 6.61 Å². The first kappa shape index (κ1) is 13.8. The van der Waals surface area contributed by atoms with Crippen molar-refractivity contribution in [1.29, 1.82) is 0 Å². The maximum Gasteiger partial charge on any atom is 0.225 e. The van der Waals surface area contributed by atoms with Crippen LogP contribution in [0.1, 0.15) is 16.1 Å². The van der Waals surface area contributed by atoms with E-state index in [0.717, 1.165) is 5.56 Å². The number of fused-ring (bicyclic) bond motifs is 1. The highest BCUT2D eigenvalue weighted by atomic mass is 79.9. The number of nitrogens with zero attached hydrogens (tertiary/aromatic N) is 1. The Bertz CT molecular complexity index is 768. The summed E-state index contributed by atoms with van der Waals surface area (Å²) in [5, 5.41) is 0.929. The van der Waals surface area contributed by atoms with Gasteiger partial charge in [0, 0.05) is 18.3 Å². The Morgan fingerprint density at radius 1 is 1.24 bits per heavy atom. The van der Waals surface area contributed by atoms with Crippen LogP contribution in [0.2, 0.25) is 0 Å². The minimum Gasteiger partial charge on any atom is -0.472 e. The van der Waals surface area contributed by atoms with E-state index < -0.39 is 0 Å². The van der Waals surface area contributed by atoms with Crippen LogP contribution in [0.15, 0.2) is 53.1 Å². The molecule has 0 saturated carbocycles. The summed E-state index contributed by atoms with van der Waals surface area (Å²) in [6.07, 6.45) is 1.61. The highest BCUT2D eigenvalue weighted by molar-refractivity contribution is 9.09. The number of alkyl halides is 1. The Morgan fingerprint density at radius 3 is 2.81 bits per heavy atom. The van der Waals surface area contributed by atoms with E-state index in [9.17, 15) is 4.79 Å². The number of ether oxygens (including phenoxy) is 1. The van der Waals surface area contributed by atoms with Gasteiger partial charge in [-0.1, -0.05) is 46.3 Å². The highest BCUT2D eigenvalue weighted by Gasteiger charge is 2.14. The Morgan fingerprint density at radius 2 is 2.05 bits per heavy atom. The first-order valence-corrected chi connectivity index (χ1v) is 7.54. The maximum atomic E-state index is 11.7. The van der Waals surface area contributed by atoms with Gasteiger partial charge in [0.2, 0.25) is 11.7 Å². The number of rotatable bonds is 5. The lowest BCUT2D eigenvalue weighted by molar-refractivity contribution is 0.0995. The third kappa shape index (κ3) is 2.97. The van der Waals surface area contributed by atoms with Gasteiger partial charge in [-0.3, -0.25) is 4.79 Å². The zero-order chi connectivity index (χ0) is 14.7. The summed E-state index contributed by atoms with van der Waals surface area (Å²) in [4.78, 5) is 15.9. The van der Waals surface area contributed by atoms with Gasteiger partial charge in [0.05, 0.1) is 10.7 Å². The molecule has 3 aromatic rings. The number of carbonyl (C=O) groups excluding carboxylic acids is 1. The molecule has 4 nitrogen and oxygen atoms in total. The van der Waals surface area contributed by atoms with E-state index in [0.29, 0.717) is 29.2 Å². The number of aromatic nitrogens is 1. The summed E-state index contributed by atoms with van der Waals surface area (Å²) < 4.78 is 11.3. The molecule has 1 aromatic carbocycles. The largest absolute Gasteiger partial charge is 0.472 e. The van der Waals surface area contributed by atoms with Crippen molar-refractivity contribution in [2.45, 2.75) is 6.61 Å². The second kappa shape index (κ2) is 6.10. The maximum absolute atomic E-state index is 11.7. The van der Waals surface area contributed by atoms with Crippen LogP contribution in [-0.4, -0.2) is 16.1 Å². The topological polar surface area (TPSA) is 52.3 Å². The van der Waals surface area contributed by atoms with Gasteiger partial charge in [-0.2, -0.15) is 0 Å². The third-order valence-corrected chi connectivity index (χ3v) is 3.53. The van der Waals surface area contributed by atoms with Gasteiger partial charge in [0.1, 0.15) is 12.2 Å². The fourth-order valence-corrected chi connectivity index (χ4v) is 2.26. The molecular weight excluding hydrogens is 334 g/mol. The highest BCUT2D eigenvalue weighted by Crippen LogP contribution is 2.27. The third-order valence-electron chi connectivity index (χ3n) is 3.02. The molecule has 0 bridgehead atoms. The molecule has 0 spiro atoms. The van der Waals surface area contributed by atoms with E-state index >= 15 is 0 Å². The van der Waals surface area contributed by atoms with Crippen molar-refractivity contribution in [3.63, 3.8) is 0 Å². The summed E-state index contributed by atoms with van der Waals surface area (Å²) in [7, 11) is 0. The molecule has 0 fully saturated rings. The van der Waals surface area contributed by atoms with Crippen molar-refractivity contribution >= 4 is 32.7 Å². The molecule has 106 valence electrons. The second-order valence-electron chi connectivity index (χ2n) is 4.47. The quantitative estimate of drug-likeness (QED) is 0.518. The minimum atomic E-state index is -0.111. The van der Waals surface area contributed by atoms with E-state index in [1.807, 2.05) is 30.3 Å². The Labute approximate surface area is 129 Å². The molecule has 0 aliphatic carbocycles. The average molecular weight is 346 g/mol. The van der Waals surface area contributed by atoms with Gasteiger partial charge >= 0.3 is 0 Å². The molecule has 0 unspecified atom stereocenters. The lowest BCUT2D eigenvalue weighted by Crippen LogP contribution is -1.97. The number of furan rings is 1. The smallest absolute Gasteiger partial charge is 0.225 e. The first-order chi connectivity index (χ1) is 10.3. The number of hydrogen-bond donors (Lipinski definition) is 0. The van der Waals surface area contributed by atoms with E-state index in [4.69, 9.17) is 9.15 Å². The molecular formula is C16H12BrNO3. The molecule has 0 aliphatic heterocycles. The molecule has 5 heteroatoms. The lowest BCUT2D eigenvalue weighted by atomic mass is 10.2. The predicted molar refractivity (Wildman–Crippen MR) is 82.9 cm³/mol. The van der Waals surface area contributed by atoms with Crippen molar-refractivity contribution in [3.8, 4) is 5.88 Å². The molecule has 2 aromatic heterocycles. The molecule has 21 heavy (non-hydrogen) atoms. The van der Waals surface area contributed by atoms with E-state index in [1.165, 1.54) is 0 Å². The van der Waals surface area contributed by atoms with Gasteiger partial charge in [0.15, 0.2) is 5.76 Å². The van der Waals surface area contributed by atoms with Crippen molar-refractivity contribution in [3.05, 3.63) is 60.0 Å². The van der Waals surface area contributed by atoms with Crippen LogP contribution in [0.4, 0.5) is 0 Å². The SMILES string of the molecule is O=C(CBr)c1cc2c(OCc3ccccc3)nccc2o1. The summed E-state index contributed by atoms with van der Waals surface area (Å²) in [5.41, 5.74) is 1.65. The number of carbonyl (C=O) groups is 1. The van der Waals surface area contributed by atoms with Crippen molar-refractivity contribution < 1.29 is 13.9 Å². The molecule has 0 amide bonds. The van der Waals surface area contributed by atoms with Gasteiger partial charge in [-0.15, -0.1) is 0 Å². The van der Waals surface area contributed by atoms with Crippen molar-refractivity contribution in [2.24, 2.45) is 0 Å². The van der Waals surface area contributed by atoms with E-state index in [2.05, 4.69) is 20.9 Å². The lowest BCUT2D eigenvalue weighted by Gasteiger charge is -2.05. The van der Waals surface area contributed by atoms with Crippen molar-refractivity contribution in [2.75, 3.05) is 5.33 Å². The van der Waals surface area contributed by atoms with Crippen LogP contribution >= 0.6 is 15.9 Å². The van der Waals surface area contributed by atoms with Gasteiger partial charge in [-0.05, 0) is 5.56 Å². The van der Waals surface area contributed by atoms with E-state index in [1.54, 1.807) is 18.3 Å². The summed E-state index contributed by atoms with van der Waals surface area (Å²) in [6, 6.07) is 13.2. The predicted octanol–water partition coefficient (Wildman–Crippen LogP) is 3.98. The molecule has 0 aliphatic rings. The zero-order valence-electron chi connectivity index (χ0n) is 11.1. The normalized spacial score (nSPS) is 10.7. The molecule has 0 saturated heterocycles. The van der Waals surface area contributed by atoms with Crippen molar-refractivity contribution in [1.82, 2.24) is 4.98 Å². The summed E-state index contributed by atoms with van der Waals surface area (Å²) in [6.45, 7) is 0.417. The number of pyridine rings is 1. The summed E-state index contributed by atoms with van der Waals surface area (Å²) in [5.74, 6) is 0.661. The van der Waals surface area contributed by atoms with Crippen LogP contribution in [0, 0.1) is 0 Å².